The van der Waals surface area contributed by atoms with Crippen LogP contribution in [0.15, 0.2) is 41.4 Å². The zero-order valence-electron chi connectivity index (χ0n) is 19.4. The summed E-state index contributed by atoms with van der Waals surface area (Å²) in [6.45, 7) is 4.98. The van der Waals surface area contributed by atoms with Gasteiger partial charge in [-0.15, -0.1) is 0 Å². The molecule has 0 radical (unpaired) electrons. The van der Waals surface area contributed by atoms with Gasteiger partial charge >= 0.3 is 0 Å². The van der Waals surface area contributed by atoms with Crippen LogP contribution in [-0.2, 0) is 13.0 Å². The van der Waals surface area contributed by atoms with Gasteiger partial charge in [-0.3, -0.25) is 9.89 Å². The summed E-state index contributed by atoms with van der Waals surface area (Å²) in [5, 5.41) is 3.37. The monoisotopic (exact) mass is 444 g/mol. The summed E-state index contributed by atoms with van der Waals surface area (Å²) in [7, 11) is 6.65. The highest BCUT2D eigenvalue weighted by molar-refractivity contribution is 5.80. The van der Waals surface area contributed by atoms with Crippen molar-refractivity contribution in [3.05, 3.63) is 53.3 Å². The van der Waals surface area contributed by atoms with Crippen LogP contribution in [-0.4, -0.2) is 76.9 Å². The Morgan fingerprint density at radius 3 is 2.22 bits per heavy atom. The first-order valence-corrected chi connectivity index (χ1v) is 10.8. The lowest BCUT2D eigenvalue weighted by molar-refractivity contribution is 0.172. The minimum Gasteiger partial charge on any atom is -0.493 e. The number of nitrogens with one attached hydrogen (secondary N) is 1. The third-order valence-electron chi connectivity index (χ3n) is 5.65. The number of piperazine rings is 1. The van der Waals surface area contributed by atoms with Gasteiger partial charge in [0.15, 0.2) is 17.5 Å². The summed E-state index contributed by atoms with van der Waals surface area (Å²) in [5.41, 5.74) is 1.82. The van der Waals surface area contributed by atoms with Crippen LogP contribution < -0.4 is 19.5 Å². The maximum atomic E-state index is 13.8. The number of guanidine groups is 1. The van der Waals surface area contributed by atoms with Crippen molar-refractivity contribution in [2.45, 2.75) is 13.0 Å². The van der Waals surface area contributed by atoms with Gasteiger partial charge in [0.05, 0.1) is 21.3 Å². The summed E-state index contributed by atoms with van der Waals surface area (Å²) in [5.74, 6) is 2.63. The van der Waals surface area contributed by atoms with Gasteiger partial charge in [-0.05, 0) is 35.7 Å². The van der Waals surface area contributed by atoms with Gasteiger partial charge in [-0.2, -0.15) is 0 Å². The second-order valence-electron chi connectivity index (χ2n) is 7.61. The van der Waals surface area contributed by atoms with E-state index >= 15 is 0 Å². The molecule has 0 bridgehead atoms. The molecular formula is C24H33FN4O3. The molecule has 0 unspecified atom stereocenters. The van der Waals surface area contributed by atoms with Gasteiger partial charge in [-0.25, -0.2) is 4.39 Å². The average molecular weight is 445 g/mol. The number of aliphatic imine (C=N–C) groups is 1. The van der Waals surface area contributed by atoms with E-state index in [4.69, 9.17) is 14.2 Å². The largest absolute Gasteiger partial charge is 0.493 e. The first-order chi connectivity index (χ1) is 15.6. The Kier molecular flexibility index (Phi) is 8.56. The maximum Gasteiger partial charge on any atom is 0.203 e. The van der Waals surface area contributed by atoms with Gasteiger partial charge in [-0.1, -0.05) is 18.2 Å². The maximum absolute atomic E-state index is 13.8. The summed E-state index contributed by atoms with van der Waals surface area (Å²) >= 11 is 0. The van der Waals surface area contributed by atoms with Crippen molar-refractivity contribution in [3.8, 4) is 17.2 Å². The normalized spacial score (nSPS) is 14.9. The summed E-state index contributed by atoms with van der Waals surface area (Å²) in [6, 6.07) is 10.9. The minimum absolute atomic E-state index is 0.162. The number of hydrogen-bond donors (Lipinski definition) is 1. The van der Waals surface area contributed by atoms with E-state index in [1.54, 1.807) is 34.4 Å². The van der Waals surface area contributed by atoms with E-state index < -0.39 is 0 Å². The van der Waals surface area contributed by atoms with Crippen molar-refractivity contribution < 1.29 is 18.6 Å². The van der Waals surface area contributed by atoms with E-state index in [2.05, 4.69) is 20.1 Å². The highest BCUT2D eigenvalue weighted by Crippen LogP contribution is 2.38. The molecule has 1 aliphatic rings. The van der Waals surface area contributed by atoms with E-state index in [0.29, 0.717) is 35.8 Å². The van der Waals surface area contributed by atoms with Crippen LogP contribution in [0.2, 0.25) is 0 Å². The fourth-order valence-electron chi connectivity index (χ4n) is 3.95. The molecule has 0 amide bonds. The SMILES string of the molecule is CN=C(NCCc1ccccc1F)N1CCN(Cc2cc(OC)c(OC)c(OC)c2)CC1. The first-order valence-electron chi connectivity index (χ1n) is 10.8. The van der Waals surface area contributed by atoms with Gasteiger partial charge in [0, 0.05) is 46.3 Å². The molecule has 1 fully saturated rings. The van der Waals surface area contributed by atoms with Gasteiger partial charge in [0.2, 0.25) is 5.75 Å². The molecular weight excluding hydrogens is 411 g/mol. The van der Waals surface area contributed by atoms with Gasteiger partial charge in [0.1, 0.15) is 5.82 Å². The van der Waals surface area contributed by atoms with Crippen LogP contribution in [0.4, 0.5) is 4.39 Å². The molecule has 0 saturated carbocycles. The second-order valence-corrected chi connectivity index (χ2v) is 7.61. The molecule has 2 aromatic carbocycles. The van der Waals surface area contributed by atoms with Crippen LogP contribution in [0, 0.1) is 5.82 Å². The lowest BCUT2D eigenvalue weighted by Crippen LogP contribution is -2.52. The van der Waals surface area contributed by atoms with E-state index in [1.165, 1.54) is 6.07 Å². The molecule has 0 atom stereocenters. The fourth-order valence-corrected chi connectivity index (χ4v) is 3.95. The molecule has 0 aromatic heterocycles. The van der Waals surface area contributed by atoms with Crippen LogP contribution in [0.25, 0.3) is 0 Å². The Bertz CT molecular complexity index is 889. The minimum atomic E-state index is -0.162. The molecule has 3 rings (SSSR count). The Morgan fingerprint density at radius 1 is 1.00 bits per heavy atom. The molecule has 8 heteroatoms. The lowest BCUT2D eigenvalue weighted by Gasteiger charge is -2.36. The number of halogens is 1. The number of ether oxygens (including phenoxy) is 3. The standard InChI is InChI=1S/C24H33FN4O3/c1-26-24(27-10-9-19-7-5-6-8-20(19)25)29-13-11-28(12-14-29)17-18-15-21(30-2)23(32-4)22(16-18)31-3/h5-8,15-16H,9-14,17H2,1-4H3,(H,26,27). The van der Waals surface area contributed by atoms with Crippen molar-refractivity contribution in [1.29, 1.82) is 0 Å². The molecule has 2 aromatic rings. The Balaban J connectivity index is 1.52. The Labute approximate surface area is 189 Å². The van der Waals surface area contributed by atoms with Crippen molar-refractivity contribution in [2.24, 2.45) is 4.99 Å². The zero-order chi connectivity index (χ0) is 22.9. The Morgan fingerprint density at radius 2 is 1.66 bits per heavy atom. The molecule has 1 aliphatic heterocycles. The molecule has 1 saturated heterocycles. The topological polar surface area (TPSA) is 58.6 Å². The number of rotatable bonds is 8. The van der Waals surface area contributed by atoms with Gasteiger partial charge in [0.25, 0.3) is 0 Å². The highest BCUT2D eigenvalue weighted by Gasteiger charge is 2.21. The summed E-state index contributed by atoms with van der Waals surface area (Å²) < 4.78 is 30.2. The van der Waals surface area contributed by atoms with Crippen molar-refractivity contribution in [2.75, 3.05) is 61.1 Å². The molecule has 0 aliphatic carbocycles. The fraction of sp³-hybridized carbons (Fsp3) is 0.458. The van der Waals surface area contributed by atoms with E-state index in [-0.39, 0.29) is 5.82 Å². The number of methoxy groups -OCH3 is 3. The summed E-state index contributed by atoms with van der Waals surface area (Å²) in [6.07, 6.45) is 0.618. The second kappa shape index (κ2) is 11.6. The molecule has 32 heavy (non-hydrogen) atoms. The molecule has 7 nitrogen and oxygen atoms in total. The lowest BCUT2D eigenvalue weighted by atomic mass is 10.1. The average Bonchev–Trinajstić information content (AvgIpc) is 2.83. The molecule has 174 valence electrons. The van der Waals surface area contributed by atoms with Crippen LogP contribution >= 0.6 is 0 Å². The van der Waals surface area contributed by atoms with Crippen LogP contribution in [0.5, 0.6) is 17.2 Å². The predicted molar refractivity (Wildman–Crippen MR) is 124 cm³/mol. The number of hydrogen-bond acceptors (Lipinski definition) is 5. The number of benzene rings is 2. The molecule has 1 N–H and O–H groups in total. The smallest absolute Gasteiger partial charge is 0.203 e. The first kappa shape index (κ1) is 23.7. The van der Waals surface area contributed by atoms with E-state index in [9.17, 15) is 4.39 Å². The summed E-state index contributed by atoms with van der Waals surface area (Å²) in [4.78, 5) is 9.05. The Hall–Kier alpha value is -3.00. The third kappa shape index (κ3) is 5.82. The third-order valence-corrected chi connectivity index (χ3v) is 5.65. The number of nitrogens with zero attached hydrogens (tertiary/aromatic N) is 3. The van der Waals surface area contributed by atoms with Crippen molar-refractivity contribution in [1.82, 2.24) is 15.1 Å². The quantitative estimate of drug-likeness (QED) is 0.499. The van der Waals surface area contributed by atoms with Crippen LogP contribution in [0.3, 0.4) is 0 Å². The predicted octanol–water partition coefficient (Wildman–Crippen LogP) is 2.79. The van der Waals surface area contributed by atoms with E-state index in [1.807, 2.05) is 24.3 Å². The van der Waals surface area contributed by atoms with Crippen molar-refractivity contribution in [3.63, 3.8) is 0 Å². The van der Waals surface area contributed by atoms with E-state index in [0.717, 1.165) is 44.2 Å². The molecule has 1 heterocycles. The highest BCUT2D eigenvalue weighted by atomic mass is 19.1. The van der Waals surface area contributed by atoms with Crippen LogP contribution in [0.1, 0.15) is 11.1 Å². The van der Waals surface area contributed by atoms with Gasteiger partial charge < -0.3 is 24.4 Å². The van der Waals surface area contributed by atoms with Crippen molar-refractivity contribution >= 4 is 5.96 Å². The zero-order valence-corrected chi connectivity index (χ0v) is 19.4. The molecule has 0 spiro atoms.